The summed E-state index contributed by atoms with van der Waals surface area (Å²) in [7, 11) is 0. The van der Waals surface area contributed by atoms with E-state index in [0.717, 1.165) is 11.4 Å². The number of fused-ring (bicyclic) bond motifs is 1. The van der Waals surface area contributed by atoms with Crippen LogP contribution in [0.5, 0.6) is 0 Å². The molecule has 0 fully saturated rings. The molecule has 2 heterocycles. The molecule has 2 aromatic rings. The number of carbonyl (C=O) groups is 1. The molecule has 1 N–H and O–H groups in total. The number of aromatic nitrogens is 2. The van der Waals surface area contributed by atoms with E-state index in [4.69, 9.17) is 5.11 Å². The Hall–Kier alpha value is -1.49. The average molecular weight is 222 g/mol. The third kappa shape index (κ3) is 1.83. The van der Waals surface area contributed by atoms with Crippen molar-refractivity contribution in [3.05, 3.63) is 35.8 Å². The van der Waals surface area contributed by atoms with Crippen molar-refractivity contribution in [3.63, 3.8) is 0 Å². The minimum absolute atomic E-state index is 0.241. The van der Waals surface area contributed by atoms with E-state index in [9.17, 15) is 4.79 Å². The molecule has 15 heavy (non-hydrogen) atoms. The zero-order valence-electron chi connectivity index (χ0n) is 8.17. The number of pyridine rings is 1. The van der Waals surface area contributed by atoms with Gasteiger partial charge in [-0.25, -0.2) is 9.78 Å². The molecule has 2 aromatic heterocycles. The summed E-state index contributed by atoms with van der Waals surface area (Å²) in [6.07, 6.45) is 5.65. The molecule has 5 heteroatoms. The summed E-state index contributed by atoms with van der Waals surface area (Å²) < 4.78 is 1.75. The summed E-state index contributed by atoms with van der Waals surface area (Å²) in [5.41, 5.74) is 1.65. The van der Waals surface area contributed by atoms with E-state index >= 15 is 0 Å². The second-order valence-electron chi connectivity index (χ2n) is 3.12. The van der Waals surface area contributed by atoms with E-state index in [1.807, 2.05) is 12.5 Å². The zero-order valence-corrected chi connectivity index (χ0v) is 8.99. The van der Waals surface area contributed by atoms with E-state index in [1.165, 1.54) is 0 Å². The molecule has 0 bridgehead atoms. The minimum atomic E-state index is -0.943. The number of hydrogen-bond donors (Lipinski definition) is 1. The fourth-order valence-electron chi connectivity index (χ4n) is 1.45. The molecule has 0 unspecified atom stereocenters. The quantitative estimate of drug-likeness (QED) is 0.861. The van der Waals surface area contributed by atoms with Crippen molar-refractivity contribution in [1.82, 2.24) is 9.38 Å². The van der Waals surface area contributed by atoms with E-state index in [0.29, 0.717) is 5.65 Å². The normalized spacial score (nSPS) is 10.7. The Bertz CT molecular complexity index is 507. The molecule has 0 atom stereocenters. The molecule has 2 rings (SSSR count). The molecular formula is C10H10N2O2S. The van der Waals surface area contributed by atoms with Crippen molar-refractivity contribution in [2.24, 2.45) is 0 Å². The summed E-state index contributed by atoms with van der Waals surface area (Å²) >= 11 is 1.66. The van der Waals surface area contributed by atoms with Gasteiger partial charge in [-0.05, 0) is 18.4 Å². The number of thioether (sulfide) groups is 1. The lowest BCUT2D eigenvalue weighted by molar-refractivity contribution is 0.0698. The Morgan fingerprint density at radius 2 is 2.47 bits per heavy atom. The van der Waals surface area contributed by atoms with Crippen molar-refractivity contribution in [1.29, 1.82) is 0 Å². The minimum Gasteiger partial charge on any atom is -0.478 e. The molecule has 0 radical (unpaired) electrons. The van der Waals surface area contributed by atoms with E-state index in [1.54, 1.807) is 34.5 Å². The van der Waals surface area contributed by atoms with Gasteiger partial charge >= 0.3 is 5.97 Å². The molecule has 4 nitrogen and oxygen atoms in total. The number of nitrogens with zero attached hydrogens (tertiary/aromatic N) is 2. The fourth-order valence-corrected chi connectivity index (χ4v) is 1.88. The highest BCUT2D eigenvalue weighted by Gasteiger charge is 2.10. The molecule has 0 spiro atoms. The monoisotopic (exact) mass is 222 g/mol. The molecule has 78 valence electrons. The number of hydrogen-bond acceptors (Lipinski definition) is 3. The van der Waals surface area contributed by atoms with Crippen LogP contribution < -0.4 is 0 Å². The van der Waals surface area contributed by atoms with Gasteiger partial charge < -0.3 is 9.51 Å². The Labute approximate surface area is 90.9 Å². The highest BCUT2D eigenvalue weighted by atomic mass is 32.2. The molecular weight excluding hydrogens is 212 g/mol. The van der Waals surface area contributed by atoms with Crippen LogP contribution in [-0.4, -0.2) is 26.7 Å². The van der Waals surface area contributed by atoms with Gasteiger partial charge in [-0.2, -0.15) is 11.8 Å². The van der Waals surface area contributed by atoms with Crippen molar-refractivity contribution in [2.45, 2.75) is 5.75 Å². The van der Waals surface area contributed by atoms with Crippen molar-refractivity contribution < 1.29 is 9.90 Å². The van der Waals surface area contributed by atoms with Gasteiger partial charge in [0.05, 0.1) is 5.69 Å². The van der Waals surface area contributed by atoms with Crippen LogP contribution in [0.3, 0.4) is 0 Å². The molecule has 0 aliphatic carbocycles. The largest absolute Gasteiger partial charge is 0.478 e. The molecule has 0 aliphatic rings. The molecule has 0 amide bonds. The zero-order chi connectivity index (χ0) is 10.8. The molecule has 0 aromatic carbocycles. The van der Waals surface area contributed by atoms with Crippen LogP contribution in [0.1, 0.15) is 16.1 Å². The van der Waals surface area contributed by atoms with Crippen LogP contribution in [-0.2, 0) is 5.75 Å². The Balaban J connectivity index is 2.59. The van der Waals surface area contributed by atoms with E-state index in [-0.39, 0.29) is 5.56 Å². The predicted molar refractivity (Wildman–Crippen MR) is 59.4 cm³/mol. The first-order valence-electron chi connectivity index (χ1n) is 4.41. The lowest BCUT2D eigenvalue weighted by atomic mass is 10.3. The second-order valence-corrected chi connectivity index (χ2v) is 3.99. The van der Waals surface area contributed by atoms with Gasteiger partial charge in [0.25, 0.3) is 0 Å². The summed E-state index contributed by atoms with van der Waals surface area (Å²) in [5.74, 6) is -0.150. The van der Waals surface area contributed by atoms with Crippen molar-refractivity contribution >= 4 is 23.4 Å². The van der Waals surface area contributed by atoms with Gasteiger partial charge in [-0.15, -0.1) is 0 Å². The number of rotatable bonds is 3. The summed E-state index contributed by atoms with van der Waals surface area (Å²) in [6.45, 7) is 0. The van der Waals surface area contributed by atoms with Crippen molar-refractivity contribution in [3.8, 4) is 0 Å². The molecule has 0 saturated heterocycles. The van der Waals surface area contributed by atoms with Crippen LogP contribution in [0.15, 0.2) is 24.5 Å². The van der Waals surface area contributed by atoms with Crippen molar-refractivity contribution in [2.75, 3.05) is 6.26 Å². The number of carboxylic acids is 1. The smallest absolute Gasteiger partial charge is 0.339 e. The van der Waals surface area contributed by atoms with E-state index in [2.05, 4.69) is 4.98 Å². The summed E-state index contributed by atoms with van der Waals surface area (Å²) in [5, 5.41) is 8.96. The maximum absolute atomic E-state index is 10.9. The molecule has 0 aliphatic heterocycles. The Morgan fingerprint density at radius 3 is 3.13 bits per heavy atom. The highest BCUT2D eigenvalue weighted by molar-refractivity contribution is 7.97. The maximum atomic E-state index is 10.9. The SMILES string of the molecule is CSCc1cn2cccc(C(=O)O)c2n1. The number of imidazole rings is 1. The van der Waals surface area contributed by atoms with Crippen LogP contribution in [0, 0.1) is 0 Å². The third-order valence-corrected chi connectivity index (χ3v) is 2.64. The van der Waals surface area contributed by atoms with Crippen LogP contribution in [0.2, 0.25) is 0 Å². The molecule has 0 saturated carbocycles. The first kappa shape index (κ1) is 10.0. The van der Waals surface area contributed by atoms with Crippen LogP contribution in [0.25, 0.3) is 5.65 Å². The van der Waals surface area contributed by atoms with Gasteiger partial charge in [0.1, 0.15) is 5.56 Å². The fraction of sp³-hybridized carbons (Fsp3) is 0.200. The number of carboxylic acid groups (broad SMARTS) is 1. The third-order valence-electron chi connectivity index (χ3n) is 2.06. The van der Waals surface area contributed by atoms with Gasteiger partial charge in [0.2, 0.25) is 0 Å². The first-order chi connectivity index (χ1) is 7.22. The second kappa shape index (κ2) is 3.94. The predicted octanol–water partition coefficient (Wildman–Crippen LogP) is 1.90. The summed E-state index contributed by atoms with van der Waals surface area (Å²) in [4.78, 5) is 15.2. The topological polar surface area (TPSA) is 54.6 Å². The maximum Gasteiger partial charge on any atom is 0.339 e. The van der Waals surface area contributed by atoms with Gasteiger partial charge in [0, 0.05) is 18.1 Å². The van der Waals surface area contributed by atoms with Gasteiger partial charge in [0.15, 0.2) is 5.65 Å². The van der Waals surface area contributed by atoms with E-state index < -0.39 is 5.97 Å². The lowest BCUT2D eigenvalue weighted by Gasteiger charge is -1.96. The average Bonchev–Trinajstić information content (AvgIpc) is 2.59. The highest BCUT2D eigenvalue weighted by Crippen LogP contribution is 2.14. The lowest BCUT2D eigenvalue weighted by Crippen LogP contribution is -1.99. The summed E-state index contributed by atoms with van der Waals surface area (Å²) in [6, 6.07) is 3.27. The van der Waals surface area contributed by atoms with Gasteiger partial charge in [-0.1, -0.05) is 0 Å². The van der Waals surface area contributed by atoms with Crippen LogP contribution in [0.4, 0.5) is 0 Å². The Kier molecular flexibility index (Phi) is 2.64. The first-order valence-corrected chi connectivity index (χ1v) is 5.80. The van der Waals surface area contributed by atoms with Gasteiger partial charge in [-0.3, -0.25) is 0 Å². The standard InChI is InChI=1S/C10H10N2O2S/c1-15-6-7-5-12-4-2-3-8(10(13)14)9(12)11-7/h2-5H,6H2,1H3,(H,13,14). The number of aromatic carboxylic acids is 1. The van der Waals surface area contributed by atoms with Crippen LogP contribution >= 0.6 is 11.8 Å². The Morgan fingerprint density at radius 1 is 1.67 bits per heavy atom.